The van der Waals surface area contributed by atoms with Gasteiger partial charge in [-0.25, -0.2) is 4.39 Å². The fourth-order valence-corrected chi connectivity index (χ4v) is 4.28. The average Bonchev–Trinajstić information content (AvgIpc) is 2.61. The van der Waals surface area contributed by atoms with Crippen molar-refractivity contribution in [2.24, 2.45) is 5.92 Å². The van der Waals surface area contributed by atoms with Crippen molar-refractivity contribution in [2.75, 3.05) is 19.0 Å². The van der Waals surface area contributed by atoms with Crippen LogP contribution in [0.1, 0.15) is 36.1 Å². The molecular weight excluding hydrogens is 373 g/mol. The van der Waals surface area contributed by atoms with Crippen LogP contribution in [0.2, 0.25) is 0 Å². The van der Waals surface area contributed by atoms with Gasteiger partial charge in [0.2, 0.25) is 0 Å². The van der Waals surface area contributed by atoms with Crippen LogP contribution < -0.4 is 10.1 Å². The Morgan fingerprint density at radius 3 is 2.92 bits per heavy atom. The van der Waals surface area contributed by atoms with Gasteiger partial charge < -0.3 is 14.8 Å². The minimum absolute atomic E-state index is 0.0701. The standard InChI is InChI=1S/C19H19BrFNO2/c1-23-17-7-4-11(20)9-15(17)18-13-3-2-8-24-19(13)14-10-12(21)5-6-16(14)22-18/h4-7,9-10,13,18-19,22H,2-3,8H2,1H3/t13-,18-,19-/m1/s1. The minimum atomic E-state index is -0.220. The second kappa shape index (κ2) is 6.37. The zero-order chi connectivity index (χ0) is 16.7. The molecule has 0 unspecified atom stereocenters. The number of hydrogen-bond donors (Lipinski definition) is 1. The van der Waals surface area contributed by atoms with E-state index in [4.69, 9.17) is 9.47 Å². The molecule has 4 rings (SSSR count). The van der Waals surface area contributed by atoms with Crippen LogP contribution in [-0.4, -0.2) is 13.7 Å². The molecule has 2 aliphatic rings. The number of halogens is 2. The van der Waals surface area contributed by atoms with Crippen molar-refractivity contribution in [1.82, 2.24) is 0 Å². The van der Waals surface area contributed by atoms with E-state index in [1.165, 1.54) is 6.07 Å². The molecule has 0 aromatic heterocycles. The quantitative estimate of drug-likeness (QED) is 0.759. The van der Waals surface area contributed by atoms with Crippen LogP contribution in [-0.2, 0) is 4.74 Å². The highest BCUT2D eigenvalue weighted by molar-refractivity contribution is 9.10. The lowest BCUT2D eigenvalue weighted by atomic mass is 9.77. The van der Waals surface area contributed by atoms with E-state index < -0.39 is 0 Å². The van der Waals surface area contributed by atoms with Crippen molar-refractivity contribution in [3.8, 4) is 5.75 Å². The predicted octanol–water partition coefficient (Wildman–Crippen LogP) is 5.23. The highest BCUT2D eigenvalue weighted by Crippen LogP contribution is 2.50. The van der Waals surface area contributed by atoms with Gasteiger partial charge in [-0.2, -0.15) is 0 Å². The van der Waals surface area contributed by atoms with Crippen molar-refractivity contribution < 1.29 is 13.9 Å². The topological polar surface area (TPSA) is 30.5 Å². The summed E-state index contributed by atoms with van der Waals surface area (Å²) in [6.45, 7) is 0.722. The number of nitrogens with one attached hydrogen (secondary N) is 1. The molecule has 2 aliphatic heterocycles. The molecule has 3 nitrogen and oxygen atoms in total. The van der Waals surface area contributed by atoms with Crippen molar-refractivity contribution in [2.45, 2.75) is 25.0 Å². The van der Waals surface area contributed by atoms with E-state index in [1.54, 1.807) is 19.2 Å². The third kappa shape index (κ3) is 2.70. The van der Waals surface area contributed by atoms with Gasteiger partial charge in [0, 0.05) is 33.8 Å². The number of ether oxygens (including phenoxy) is 2. The summed E-state index contributed by atoms with van der Waals surface area (Å²) in [5.74, 6) is 0.879. The van der Waals surface area contributed by atoms with E-state index in [-0.39, 0.29) is 23.9 Å². The molecular formula is C19H19BrFNO2. The Hall–Kier alpha value is -1.59. The van der Waals surface area contributed by atoms with Gasteiger partial charge >= 0.3 is 0 Å². The first-order valence-corrected chi connectivity index (χ1v) is 8.97. The van der Waals surface area contributed by atoms with Gasteiger partial charge in [-0.05, 0) is 49.2 Å². The van der Waals surface area contributed by atoms with Gasteiger partial charge in [-0.3, -0.25) is 0 Å². The van der Waals surface area contributed by atoms with E-state index in [9.17, 15) is 4.39 Å². The molecule has 1 N–H and O–H groups in total. The fraction of sp³-hybridized carbons (Fsp3) is 0.368. The third-order valence-corrected chi connectivity index (χ3v) is 5.45. The molecule has 0 radical (unpaired) electrons. The van der Waals surface area contributed by atoms with Crippen molar-refractivity contribution >= 4 is 21.6 Å². The van der Waals surface area contributed by atoms with Crippen LogP contribution in [0.4, 0.5) is 10.1 Å². The van der Waals surface area contributed by atoms with Gasteiger partial charge in [0.25, 0.3) is 0 Å². The summed E-state index contributed by atoms with van der Waals surface area (Å²) in [5, 5.41) is 3.59. The Bertz CT molecular complexity index is 767. The second-order valence-electron chi connectivity index (χ2n) is 6.34. The molecule has 24 heavy (non-hydrogen) atoms. The summed E-state index contributed by atoms with van der Waals surface area (Å²) >= 11 is 3.56. The Labute approximate surface area is 149 Å². The van der Waals surface area contributed by atoms with Crippen LogP contribution in [0.15, 0.2) is 40.9 Å². The molecule has 0 spiro atoms. The number of rotatable bonds is 2. The summed E-state index contributed by atoms with van der Waals surface area (Å²) in [7, 11) is 1.69. The van der Waals surface area contributed by atoms with E-state index in [1.807, 2.05) is 12.1 Å². The fourth-order valence-electron chi connectivity index (χ4n) is 3.90. The number of fused-ring (bicyclic) bond motifs is 3. The second-order valence-corrected chi connectivity index (χ2v) is 7.25. The van der Waals surface area contributed by atoms with Crippen molar-refractivity contribution in [3.63, 3.8) is 0 Å². The molecule has 1 fully saturated rings. The van der Waals surface area contributed by atoms with Crippen LogP contribution >= 0.6 is 15.9 Å². The Morgan fingerprint density at radius 1 is 1.21 bits per heavy atom. The zero-order valence-electron chi connectivity index (χ0n) is 13.4. The molecule has 2 heterocycles. The third-order valence-electron chi connectivity index (χ3n) is 4.95. The lowest BCUT2D eigenvalue weighted by Gasteiger charge is -2.43. The summed E-state index contributed by atoms with van der Waals surface area (Å²) < 4.78 is 26.4. The van der Waals surface area contributed by atoms with Gasteiger partial charge in [-0.15, -0.1) is 0 Å². The number of methoxy groups -OCH3 is 1. The van der Waals surface area contributed by atoms with Gasteiger partial charge in [0.15, 0.2) is 0 Å². The molecule has 126 valence electrons. The number of benzene rings is 2. The van der Waals surface area contributed by atoms with Crippen LogP contribution in [0.25, 0.3) is 0 Å². The highest BCUT2D eigenvalue weighted by Gasteiger charge is 2.40. The van der Waals surface area contributed by atoms with Crippen LogP contribution in [0.5, 0.6) is 5.75 Å². The number of hydrogen-bond acceptors (Lipinski definition) is 3. The predicted molar refractivity (Wildman–Crippen MR) is 94.9 cm³/mol. The molecule has 0 amide bonds. The summed E-state index contributed by atoms with van der Waals surface area (Å²) in [4.78, 5) is 0. The summed E-state index contributed by atoms with van der Waals surface area (Å²) in [6.07, 6.45) is 1.97. The first-order valence-electron chi connectivity index (χ1n) is 8.18. The van der Waals surface area contributed by atoms with E-state index in [0.717, 1.165) is 46.5 Å². The van der Waals surface area contributed by atoms with Gasteiger partial charge in [0.05, 0.1) is 19.3 Å². The molecule has 1 saturated heterocycles. The Morgan fingerprint density at radius 2 is 2.08 bits per heavy atom. The molecule has 5 heteroatoms. The molecule has 0 bridgehead atoms. The van der Waals surface area contributed by atoms with Crippen molar-refractivity contribution in [1.29, 1.82) is 0 Å². The SMILES string of the molecule is COc1ccc(Br)cc1[C@@H]1Nc2ccc(F)cc2[C@@H]2OCCC[C@H]12. The molecule has 2 aromatic rings. The normalized spacial score (nSPS) is 25.4. The Balaban J connectivity index is 1.82. The lowest BCUT2D eigenvalue weighted by Crippen LogP contribution is -2.36. The molecule has 0 aliphatic carbocycles. The van der Waals surface area contributed by atoms with E-state index in [2.05, 4.69) is 27.3 Å². The lowest BCUT2D eigenvalue weighted by molar-refractivity contribution is -0.0384. The summed E-state index contributed by atoms with van der Waals surface area (Å²) in [5.41, 5.74) is 2.96. The average molecular weight is 392 g/mol. The van der Waals surface area contributed by atoms with Crippen LogP contribution in [0.3, 0.4) is 0 Å². The van der Waals surface area contributed by atoms with E-state index >= 15 is 0 Å². The summed E-state index contributed by atoms with van der Waals surface area (Å²) in [6, 6.07) is 11.0. The van der Waals surface area contributed by atoms with Gasteiger partial charge in [0.1, 0.15) is 11.6 Å². The first-order chi connectivity index (χ1) is 11.7. The molecule has 0 saturated carbocycles. The van der Waals surface area contributed by atoms with Gasteiger partial charge in [-0.1, -0.05) is 15.9 Å². The van der Waals surface area contributed by atoms with E-state index in [0.29, 0.717) is 0 Å². The smallest absolute Gasteiger partial charge is 0.124 e. The minimum Gasteiger partial charge on any atom is -0.496 e. The van der Waals surface area contributed by atoms with Crippen LogP contribution in [0, 0.1) is 11.7 Å². The largest absolute Gasteiger partial charge is 0.496 e. The Kier molecular flexibility index (Phi) is 4.22. The maximum Gasteiger partial charge on any atom is 0.124 e. The number of anilines is 1. The zero-order valence-corrected chi connectivity index (χ0v) is 15.0. The maximum absolute atomic E-state index is 13.7. The highest BCUT2D eigenvalue weighted by atomic mass is 79.9. The van der Waals surface area contributed by atoms with Crippen molar-refractivity contribution in [3.05, 3.63) is 57.8 Å². The molecule has 2 aromatic carbocycles. The molecule has 3 atom stereocenters. The first kappa shape index (κ1) is 15.9. The monoisotopic (exact) mass is 391 g/mol. The maximum atomic E-state index is 13.7.